The largest absolute Gasteiger partial charge is 0.479 e. The fourth-order valence-corrected chi connectivity index (χ4v) is 4.56. The third-order valence-corrected chi connectivity index (χ3v) is 6.43. The van der Waals surface area contributed by atoms with Gasteiger partial charge in [-0.15, -0.1) is 11.3 Å². The molecule has 4 rings (SSSR count). The summed E-state index contributed by atoms with van der Waals surface area (Å²) in [5, 5.41) is 16.5. The van der Waals surface area contributed by atoms with E-state index >= 15 is 0 Å². The zero-order valence-corrected chi connectivity index (χ0v) is 19.3. The number of nitrogens with zero attached hydrogens (tertiary/aromatic N) is 1. The number of β-lactam (4-membered cyclic amide) rings is 1. The fourth-order valence-electron chi connectivity index (χ4n) is 3.73. The van der Waals surface area contributed by atoms with Crippen molar-refractivity contribution < 1.29 is 29.0 Å². The molecule has 9 nitrogen and oxygen atoms in total. The summed E-state index contributed by atoms with van der Waals surface area (Å²) in [4.78, 5) is 51.7. The Labute approximate surface area is 205 Å². The topological polar surface area (TPSA) is 125 Å². The number of ether oxygens (including phenoxy) is 1. The Balaban J connectivity index is 1.40. The van der Waals surface area contributed by atoms with Gasteiger partial charge in [-0.1, -0.05) is 66.7 Å². The summed E-state index contributed by atoms with van der Waals surface area (Å²) in [5.74, 6) is -2.25. The van der Waals surface area contributed by atoms with Gasteiger partial charge in [-0.3, -0.25) is 9.59 Å². The average Bonchev–Trinajstić information content (AvgIpc) is 3.40. The fraction of sp³-hybridized carbons (Fsp3) is 0.200. The summed E-state index contributed by atoms with van der Waals surface area (Å²) in [6, 6.07) is 17.9. The van der Waals surface area contributed by atoms with E-state index in [9.17, 15) is 24.3 Å². The number of nitrogens with one attached hydrogen (secondary N) is 2. The first-order valence-corrected chi connectivity index (χ1v) is 11.7. The standard InChI is InChI=1S/C25H23N3O6S/c29-22(26-18-14-28(23(18)30)21(24(31)32)19-12-7-13-35-19)20(17-10-5-2-6-11-17)27-25(33)34-15-16-8-3-1-4-9-16/h1-13,18,20-21H,14-15H2,(H,26,29)(H,27,33)(H,31,32)/t18?,20-,21?/m0/s1. The average molecular weight is 494 g/mol. The molecule has 1 aliphatic heterocycles. The SMILES string of the molecule is O=C(N[C@H](C(=O)NC1CN(C(C(=O)O)c2cccs2)C1=O)c1ccccc1)OCc1ccccc1. The van der Waals surface area contributed by atoms with Crippen molar-refractivity contribution in [2.75, 3.05) is 6.54 Å². The third-order valence-electron chi connectivity index (χ3n) is 5.51. The van der Waals surface area contributed by atoms with Crippen LogP contribution < -0.4 is 10.6 Å². The Morgan fingerprint density at radius 1 is 1.03 bits per heavy atom. The van der Waals surface area contributed by atoms with Gasteiger partial charge in [-0.25, -0.2) is 9.59 Å². The second-order valence-electron chi connectivity index (χ2n) is 7.86. The molecule has 3 atom stereocenters. The van der Waals surface area contributed by atoms with Crippen LogP contribution in [0.25, 0.3) is 0 Å². The lowest BCUT2D eigenvalue weighted by Gasteiger charge is -2.42. The number of carboxylic acid groups (broad SMARTS) is 1. The van der Waals surface area contributed by atoms with E-state index in [4.69, 9.17) is 4.74 Å². The Hall–Kier alpha value is -4.18. The molecular formula is C25H23N3O6S. The monoisotopic (exact) mass is 493 g/mol. The molecule has 0 aliphatic carbocycles. The molecule has 3 aromatic rings. The minimum absolute atomic E-state index is 0.0329. The van der Waals surface area contributed by atoms with Gasteiger partial charge in [0.05, 0.1) is 6.54 Å². The highest BCUT2D eigenvalue weighted by Gasteiger charge is 2.46. The molecule has 0 radical (unpaired) electrons. The van der Waals surface area contributed by atoms with Crippen LogP contribution in [0.5, 0.6) is 0 Å². The molecule has 10 heteroatoms. The number of thiophene rings is 1. The van der Waals surface area contributed by atoms with Crippen LogP contribution in [0.15, 0.2) is 78.2 Å². The van der Waals surface area contributed by atoms with Crippen molar-refractivity contribution in [1.29, 1.82) is 0 Å². The Morgan fingerprint density at radius 2 is 1.71 bits per heavy atom. The van der Waals surface area contributed by atoms with Crippen molar-refractivity contribution in [3.05, 3.63) is 94.2 Å². The van der Waals surface area contributed by atoms with E-state index < -0.39 is 42.0 Å². The van der Waals surface area contributed by atoms with Crippen LogP contribution in [0.4, 0.5) is 4.79 Å². The molecule has 2 heterocycles. The van der Waals surface area contributed by atoms with Gasteiger partial charge in [-0.05, 0) is 22.6 Å². The third kappa shape index (κ3) is 5.67. The normalized spacial score (nSPS) is 16.5. The number of aliphatic carboxylic acids is 1. The van der Waals surface area contributed by atoms with E-state index in [-0.39, 0.29) is 13.2 Å². The molecule has 0 saturated carbocycles. The highest BCUT2D eigenvalue weighted by Crippen LogP contribution is 2.30. The molecule has 2 unspecified atom stereocenters. The number of alkyl carbamates (subject to hydrolysis) is 1. The van der Waals surface area contributed by atoms with Crippen molar-refractivity contribution in [2.24, 2.45) is 0 Å². The first-order chi connectivity index (χ1) is 16.9. The van der Waals surface area contributed by atoms with Gasteiger partial charge >= 0.3 is 12.1 Å². The minimum Gasteiger partial charge on any atom is -0.479 e. The summed E-state index contributed by atoms with van der Waals surface area (Å²) in [5.41, 5.74) is 1.30. The summed E-state index contributed by atoms with van der Waals surface area (Å²) in [6.45, 7) is 0.0740. The van der Waals surface area contributed by atoms with Crippen LogP contribution >= 0.6 is 11.3 Å². The number of carbonyl (C=O) groups is 4. The molecule has 1 aromatic heterocycles. The van der Waals surface area contributed by atoms with Crippen molar-refractivity contribution in [3.8, 4) is 0 Å². The van der Waals surface area contributed by atoms with Gasteiger partial charge in [0.1, 0.15) is 18.7 Å². The number of likely N-dealkylation sites (tertiary alicyclic amines) is 1. The van der Waals surface area contributed by atoms with E-state index in [0.29, 0.717) is 10.4 Å². The van der Waals surface area contributed by atoms with Crippen LogP contribution in [-0.4, -0.2) is 46.5 Å². The molecule has 0 spiro atoms. The first-order valence-electron chi connectivity index (χ1n) is 10.8. The molecular weight excluding hydrogens is 470 g/mol. The lowest BCUT2D eigenvalue weighted by Crippen LogP contribution is -2.66. The van der Waals surface area contributed by atoms with Gasteiger partial charge in [-0.2, -0.15) is 0 Å². The molecule has 0 bridgehead atoms. The van der Waals surface area contributed by atoms with E-state index in [1.54, 1.807) is 47.8 Å². The van der Waals surface area contributed by atoms with Gasteiger partial charge in [0.15, 0.2) is 6.04 Å². The smallest absolute Gasteiger partial charge is 0.408 e. The van der Waals surface area contributed by atoms with E-state index in [2.05, 4.69) is 10.6 Å². The highest BCUT2D eigenvalue weighted by molar-refractivity contribution is 7.10. The lowest BCUT2D eigenvalue weighted by atomic mass is 10.0. The van der Waals surface area contributed by atoms with Crippen LogP contribution in [-0.2, 0) is 25.7 Å². The molecule has 3 N–H and O–H groups in total. The van der Waals surface area contributed by atoms with Crippen LogP contribution in [0.3, 0.4) is 0 Å². The predicted molar refractivity (Wildman–Crippen MR) is 127 cm³/mol. The maximum atomic E-state index is 13.1. The predicted octanol–water partition coefficient (Wildman–Crippen LogP) is 2.87. The number of carboxylic acids is 1. The molecule has 3 amide bonds. The van der Waals surface area contributed by atoms with Crippen LogP contribution in [0, 0.1) is 0 Å². The van der Waals surface area contributed by atoms with Crippen molar-refractivity contribution in [2.45, 2.75) is 24.7 Å². The Kier molecular flexibility index (Phi) is 7.41. The van der Waals surface area contributed by atoms with E-state index in [0.717, 1.165) is 5.56 Å². The minimum atomic E-state index is -1.14. The van der Waals surface area contributed by atoms with Gasteiger partial charge in [0.2, 0.25) is 11.8 Å². The zero-order valence-electron chi connectivity index (χ0n) is 18.5. The van der Waals surface area contributed by atoms with Gasteiger partial charge < -0.3 is 25.4 Å². The van der Waals surface area contributed by atoms with Gasteiger partial charge in [0, 0.05) is 4.88 Å². The second-order valence-corrected chi connectivity index (χ2v) is 8.84. The highest BCUT2D eigenvalue weighted by atomic mass is 32.1. The van der Waals surface area contributed by atoms with Crippen LogP contribution in [0.1, 0.15) is 28.1 Å². The summed E-state index contributed by atoms with van der Waals surface area (Å²) in [7, 11) is 0. The number of hydrogen-bond acceptors (Lipinski definition) is 6. The molecule has 35 heavy (non-hydrogen) atoms. The number of amides is 3. The number of carbonyl (C=O) groups excluding carboxylic acids is 3. The molecule has 1 aliphatic rings. The first kappa shape index (κ1) is 24.0. The Bertz CT molecular complexity index is 1190. The van der Waals surface area contributed by atoms with Gasteiger partial charge in [0.25, 0.3) is 0 Å². The zero-order chi connectivity index (χ0) is 24.8. The van der Waals surface area contributed by atoms with E-state index in [1.807, 2.05) is 30.3 Å². The lowest BCUT2D eigenvalue weighted by molar-refractivity contribution is -0.160. The quantitative estimate of drug-likeness (QED) is 0.394. The summed E-state index contributed by atoms with van der Waals surface area (Å²) >= 11 is 1.24. The summed E-state index contributed by atoms with van der Waals surface area (Å²) < 4.78 is 5.24. The summed E-state index contributed by atoms with van der Waals surface area (Å²) in [6.07, 6.45) is -0.789. The maximum Gasteiger partial charge on any atom is 0.408 e. The number of benzene rings is 2. The maximum absolute atomic E-state index is 13.1. The number of hydrogen-bond donors (Lipinski definition) is 3. The van der Waals surface area contributed by atoms with Crippen LogP contribution in [0.2, 0.25) is 0 Å². The van der Waals surface area contributed by atoms with Crippen molar-refractivity contribution >= 4 is 35.2 Å². The van der Waals surface area contributed by atoms with Crippen molar-refractivity contribution in [1.82, 2.24) is 15.5 Å². The Morgan fingerprint density at radius 3 is 2.31 bits per heavy atom. The molecule has 1 fully saturated rings. The van der Waals surface area contributed by atoms with E-state index in [1.165, 1.54) is 16.2 Å². The van der Waals surface area contributed by atoms with Crippen molar-refractivity contribution in [3.63, 3.8) is 0 Å². The molecule has 2 aromatic carbocycles. The molecule has 180 valence electrons. The number of rotatable bonds is 9. The second kappa shape index (κ2) is 10.8. The molecule has 1 saturated heterocycles.